The van der Waals surface area contributed by atoms with Gasteiger partial charge in [0.2, 0.25) is 5.91 Å². The number of imide groups is 1. The zero-order valence-electron chi connectivity index (χ0n) is 10.9. The Kier molecular flexibility index (Phi) is 5.18. The number of urea groups is 1. The third kappa shape index (κ3) is 4.47. The minimum absolute atomic E-state index is 0.0507. The van der Waals surface area contributed by atoms with E-state index in [0.717, 1.165) is 11.8 Å². The number of rotatable bonds is 5. The summed E-state index contributed by atoms with van der Waals surface area (Å²) in [5, 5.41) is 5.66. The Morgan fingerprint density at radius 1 is 1.52 bits per heavy atom. The number of halogens is 1. The molecular weight excluding hydrogens is 314 g/mol. The van der Waals surface area contributed by atoms with Crippen LogP contribution in [0.4, 0.5) is 4.79 Å². The molecule has 0 aliphatic carbocycles. The maximum atomic E-state index is 11.6. The number of aromatic amines is 1. The van der Waals surface area contributed by atoms with Gasteiger partial charge in [0.1, 0.15) is 0 Å². The standard InChI is InChI=1S/C12H12ClN5O2S/c1-2-3-14-11(20)17-9(19)6-21-12-16-8-4-7(13)5-15-10(8)18-12/h2,4-5H,1,3,6H2,(H,15,16,18)(H2,14,17,19,20). The Morgan fingerprint density at radius 3 is 3.10 bits per heavy atom. The van der Waals surface area contributed by atoms with Crippen LogP contribution in [0.5, 0.6) is 0 Å². The molecule has 0 saturated carbocycles. The van der Waals surface area contributed by atoms with Crippen molar-refractivity contribution in [3.05, 3.63) is 29.9 Å². The topological polar surface area (TPSA) is 99.8 Å². The Bertz CT molecular complexity index is 687. The molecule has 2 aromatic heterocycles. The van der Waals surface area contributed by atoms with Gasteiger partial charge in [-0.25, -0.2) is 14.8 Å². The van der Waals surface area contributed by atoms with Crippen LogP contribution in [0.15, 0.2) is 30.1 Å². The zero-order valence-corrected chi connectivity index (χ0v) is 12.4. The van der Waals surface area contributed by atoms with Crippen LogP contribution in [0.3, 0.4) is 0 Å². The van der Waals surface area contributed by atoms with E-state index in [-0.39, 0.29) is 5.75 Å². The van der Waals surface area contributed by atoms with Gasteiger partial charge in [-0.1, -0.05) is 29.4 Å². The highest BCUT2D eigenvalue weighted by Gasteiger charge is 2.10. The lowest BCUT2D eigenvalue weighted by Gasteiger charge is -2.03. The summed E-state index contributed by atoms with van der Waals surface area (Å²) < 4.78 is 0. The van der Waals surface area contributed by atoms with E-state index in [0.29, 0.717) is 27.9 Å². The van der Waals surface area contributed by atoms with E-state index in [9.17, 15) is 9.59 Å². The molecule has 0 spiro atoms. The number of pyridine rings is 1. The predicted molar refractivity (Wildman–Crippen MR) is 81.4 cm³/mol. The van der Waals surface area contributed by atoms with Crippen LogP contribution >= 0.6 is 23.4 Å². The molecule has 3 amide bonds. The second-order valence-corrected chi connectivity index (χ2v) is 5.30. The van der Waals surface area contributed by atoms with Crippen LogP contribution in [-0.4, -0.2) is 39.2 Å². The summed E-state index contributed by atoms with van der Waals surface area (Å²) in [5.74, 6) is -0.372. The molecule has 0 saturated heterocycles. The molecule has 3 N–H and O–H groups in total. The Hall–Kier alpha value is -2.06. The molecule has 0 atom stereocenters. The Labute approximate surface area is 129 Å². The molecule has 0 unspecified atom stereocenters. The molecule has 110 valence electrons. The normalized spacial score (nSPS) is 10.3. The second kappa shape index (κ2) is 7.09. The molecule has 9 heteroatoms. The average Bonchev–Trinajstić information content (AvgIpc) is 2.85. The van der Waals surface area contributed by atoms with E-state index < -0.39 is 11.9 Å². The molecular formula is C12H12ClN5O2S. The van der Waals surface area contributed by atoms with Gasteiger partial charge in [0, 0.05) is 12.7 Å². The lowest BCUT2D eigenvalue weighted by Crippen LogP contribution is -2.40. The van der Waals surface area contributed by atoms with Gasteiger partial charge in [-0.15, -0.1) is 6.58 Å². The highest BCUT2D eigenvalue weighted by Crippen LogP contribution is 2.20. The first-order chi connectivity index (χ1) is 10.1. The highest BCUT2D eigenvalue weighted by atomic mass is 35.5. The number of carbonyl (C=O) groups is 2. The summed E-state index contributed by atoms with van der Waals surface area (Å²) in [6, 6.07) is 1.14. The fraction of sp³-hybridized carbons (Fsp3) is 0.167. The third-order valence-corrected chi connectivity index (χ3v) is 3.36. The van der Waals surface area contributed by atoms with Gasteiger partial charge in [0.05, 0.1) is 16.3 Å². The van der Waals surface area contributed by atoms with Crippen molar-refractivity contribution in [2.75, 3.05) is 12.3 Å². The maximum Gasteiger partial charge on any atom is 0.321 e. The van der Waals surface area contributed by atoms with Crippen molar-refractivity contribution < 1.29 is 9.59 Å². The fourth-order valence-electron chi connectivity index (χ4n) is 1.43. The first kappa shape index (κ1) is 15.3. The summed E-state index contributed by atoms with van der Waals surface area (Å²) in [4.78, 5) is 34.1. The van der Waals surface area contributed by atoms with Crippen LogP contribution in [0, 0.1) is 0 Å². The third-order valence-electron chi connectivity index (χ3n) is 2.28. The molecule has 0 aliphatic heterocycles. The number of H-pyrrole nitrogens is 1. The number of imidazole rings is 1. The van der Waals surface area contributed by atoms with Crippen molar-refractivity contribution in [1.29, 1.82) is 0 Å². The van der Waals surface area contributed by atoms with Crippen molar-refractivity contribution >= 4 is 46.5 Å². The number of fused-ring (bicyclic) bond motifs is 1. The van der Waals surface area contributed by atoms with Crippen molar-refractivity contribution in [3.8, 4) is 0 Å². The number of hydrogen-bond acceptors (Lipinski definition) is 5. The minimum atomic E-state index is -0.557. The second-order valence-electron chi connectivity index (χ2n) is 3.90. The quantitative estimate of drug-likeness (QED) is 0.574. The van der Waals surface area contributed by atoms with E-state index in [4.69, 9.17) is 11.6 Å². The number of carbonyl (C=O) groups excluding carboxylic acids is 2. The van der Waals surface area contributed by atoms with Crippen molar-refractivity contribution in [2.45, 2.75) is 5.16 Å². The Balaban J connectivity index is 1.87. The van der Waals surface area contributed by atoms with Gasteiger partial charge in [-0.3, -0.25) is 10.1 Å². The number of amides is 3. The SMILES string of the molecule is C=CCNC(=O)NC(=O)CSc1nc2ncc(Cl)cc2[nH]1. The van der Waals surface area contributed by atoms with Crippen LogP contribution in [-0.2, 0) is 4.79 Å². The summed E-state index contributed by atoms with van der Waals surface area (Å²) in [6.07, 6.45) is 3.02. The van der Waals surface area contributed by atoms with E-state index in [1.54, 1.807) is 6.07 Å². The molecule has 2 aromatic rings. The van der Waals surface area contributed by atoms with Gasteiger partial charge in [-0.2, -0.15) is 0 Å². The van der Waals surface area contributed by atoms with Gasteiger partial charge < -0.3 is 10.3 Å². The molecule has 2 heterocycles. The fourth-order valence-corrected chi connectivity index (χ4v) is 2.26. The van der Waals surface area contributed by atoms with Gasteiger partial charge in [0.25, 0.3) is 0 Å². The largest absolute Gasteiger partial charge is 0.334 e. The van der Waals surface area contributed by atoms with E-state index >= 15 is 0 Å². The molecule has 0 fully saturated rings. The summed E-state index contributed by atoms with van der Waals surface area (Å²) in [5.41, 5.74) is 1.21. The molecule has 0 bridgehead atoms. The van der Waals surface area contributed by atoms with Crippen LogP contribution in [0.2, 0.25) is 5.02 Å². The number of nitrogens with zero attached hydrogens (tertiary/aromatic N) is 2. The highest BCUT2D eigenvalue weighted by molar-refractivity contribution is 7.99. The molecule has 0 aromatic carbocycles. The number of aromatic nitrogens is 3. The van der Waals surface area contributed by atoms with Crippen LogP contribution in [0.1, 0.15) is 0 Å². The van der Waals surface area contributed by atoms with Gasteiger partial charge in [-0.05, 0) is 6.07 Å². The lowest BCUT2D eigenvalue weighted by atomic mass is 10.4. The number of nitrogens with one attached hydrogen (secondary N) is 3. The van der Waals surface area contributed by atoms with E-state index in [2.05, 4.69) is 32.2 Å². The van der Waals surface area contributed by atoms with E-state index in [1.807, 2.05) is 0 Å². The van der Waals surface area contributed by atoms with Crippen molar-refractivity contribution in [2.24, 2.45) is 0 Å². The minimum Gasteiger partial charge on any atom is -0.334 e. The number of hydrogen-bond donors (Lipinski definition) is 3. The summed E-state index contributed by atoms with van der Waals surface area (Å²) >= 11 is 6.99. The summed E-state index contributed by atoms with van der Waals surface area (Å²) in [7, 11) is 0. The zero-order chi connectivity index (χ0) is 15.2. The molecule has 7 nitrogen and oxygen atoms in total. The smallest absolute Gasteiger partial charge is 0.321 e. The lowest BCUT2D eigenvalue weighted by molar-refractivity contribution is -0.117. The molecule has 21 heavy (non-hydrogen) atoms. The van der Waals surface area contributed by atoms with Crippen LogP contribution < -0.4 is 10.6 Å². The van der Waals surface area contributed by atoms with Gasteiger partial charge in [0.15, 0.2) is 10.8 Å². The van der Waals surface area contributed by atoms with E-state index in [1.165, 1.54) is 12.3 Å². The molecule has 0 aliphatic rings. The first-order valence-corrected chi connectivity index (χ1v) is 7.27. The van der Waals surface area contributed by atoms with Crippen LogP contribution in [0.25, 0.3) is 11.2 Å². The Morgan fingerprint density at radius 2 is 2.33 bits per heavy atom. The van der Waals surface area contributed by atoms with Crippen molar-refractivity contribution in [3.63, 3.8) is 0 Å². The molecule has 2 rings (SSSR count). The average molecular weight is 326 g/mol. The predicted octanol–water partition coefficient (Wildman–Crippen LogP) is 1.72. The number of thioether (sulfide) groups is 1. The van der Waals surface area contributed by atoms with Gasteiger partial charge >= 0.3 is 6.03 Å². The maximum absolute atomic E-state index is 11.6. The van der Waals surface area contributed by atoms with Crippen molar-refractivity contribution in [1.82, 2.24) is 25.6 Å². The monoisotopic (exact) mass is 325 g/mol. The molecule has 0 radical (unpaired) electrons. The summed E-state index contributed by atoms with van der Waals surface area (Å²) in [6.45, 7) is 3.75. The first-order valence-electron chi connectivity index (χ1n) is 5.91.